The van der Waals surface area contributed by atoms with Gasteiger partial charge in [0.15, 0.2) is 0 Å². The van der Waals surface area contributed by atoms with Crippen molar-refractivity contribution in [3.63, 3.8) is 0 Å². The molecule has 1 saturated carbocycles. The molecule has 0 amide bonds. The van der Waals surface area contributed by atoms with Gasteiger partial charge in [0.25, 0.3) is 0 Å². The van der Waals surface area contributed by atoms with Crippen molar-refractivity contribution in [1.29, 1.82) is 0 Å². The normalized spacial score (nSPS) is 14.8. The summed E-state index contributed by atoms with van der Waals surface area (Å²) >= 11 is 0. The smallest absolute Gasteiger partial charge is 0.0862 e. The first-order valence-corrected chi connectivity index (χ1v) is 6.86. The maximum absolute atomic E-state index is 9.84. The Hall–Kier alpha value is -1.34. The fraction of sp³-hybridized carbons (Fsp3) is 0.917. The first-order valence-electron chi connectivity index (χ1n) is 6.86. The predicted molar refractivity (Wildman–Crippen MR) is 70.4 cm³/mol. The minimum absolute atomic E-state index is 0.185. The summed E-state index contributed by atoms with van der Waals surface area (Å²) < 4.78 is 9.53. The SMILES string of the molecule is [N-]=[N+]=NCCOCCOCC(=O)[O-].[NH3+]C1CCCCC1. The van der Waals surface area contributed by atoms with E-state index in [2.05, 4.69) is 20.5 Å². The zero-order chi connectivity index (χ0) is 15.1. The van der Waals surface area contributed by atoms with Gasteiger partial charge in [-0.3, -0.25) is 0 Å². The second-order valence-electron chi connectivity index (χ2n) is 4.50. The predicted octanol–water partition coefficient (Wildman–Crippen LogP) is -0.359. The van der Waals surface area contributed by atoms with Crippen molar-refractivity contribution in [2.24, 2.45) is 5.11 Å². The molecule has 8 heteroatoms. The fourth-order valence-corrected chi connectivity index (χ4v) is 1.71. The zero-order valence-corrected chi connectivity index (χ0v) is 11.8. The zero-order valence-electron chi connectivity index (χ0n) is 11.8. The summed E-state index contributed by atoms with van der Waals surface area (Å²) in [6, 6.07) is 0.786. The van der Waals surface area contributed by atoms with Crippen LogP contribution in [0.3, 0.4) is 0 Å². The van der Waals surface area contributed by atoms with E-state index >= 15 is 0 Å². The Morgan fingerprint density at radius 2 is 1.90 bits per heavy atom. The van der Waals surface area contributed by atoms with E-state index < -0.39 is 12.6 Å². The quantitative estimate of drug-likeness (QED) is 0.282. The van der Waals surface area contributed by atoms with Gasteiger partial charge in [0.05, 0.1) is 38.4 Å². The number of quaternary nitrogens is 1. The molecule has 3 N–H and O–H groups in total. The summed E-state index contributed by atoms with van der Waals surface area (Å²) in [6.45, 7) is 0.591. The Morgan fingerprint density at radius 3 is 2.40 bits per heavy atom. The molecular formula is C12H24N4O4. The van der Waals surface area contributed by atoms with Gasteiger partial charge >= 0.3 is 0 Å². The Bertz CT molecular complexity index is 283. The van der Waals surface area contributed by atoms with Crippen LogP contribution >= 0.6 is 0 Å². The van der Waals surface area contributed by atoms with Gasteiger partial charge in [-0.15, -0.1) is 0 Å². The van der Waals surface area contributed by atoms with E-state index in [-0.39, 0.29) is 19.8 Å². The molecule has 0 aromatic heterocycles. The number of azide groups is 1. The van der Waals surface area contributed by atoms with E-state index in [4.69, 9.17) is 10.3 Å². The summed E-state index contributed by atoms with van der Waals surface area (Å²) in [5, 5.41) is 13.1. The van der Waals surface area contributed by atoms with Crippen LogP contribution < -0.4 is 10.8 Å². The number of carboxylic acid groups (broad SMARTS) is 1. The highest BCUT2D eigenvalue weighted by Crippen LogP contribution is 2.13. The van der Waals surface area contributed by atoms with E-state index in [1.165, 1.54) is 32.1 Å². The molecule has 1 fully saturated rings. The highest BCUT2D eigenvalue weighted by Gasteiger charge is 2.09. The van der Waals surface area contributed by atoms with E-state index in [0.717, 1.165) is 6.04 Å². The molecule has 0 heterocycles. The first-order chi connectivity index (χ1) is 9.66. The van der Waals surface area contributed by atoms with E-state index in [1.807, 2.05) is 0 Å². The minimum atomic E-state index is -1.26. The third-order valence-electron chi connectivity index (χ3n) is 2.72. The molecule has 0 unspecified atom stereocenters. The molecule has 0 saturated heterocycles. The van der Waals surface area contributed by atoms with E-state index in [1.54, 1.807) is 0 Å². The Morgan fingerprint density at radius 1 is 1.25 bits per heavy atom. The van der Waals surface area contributed by atoms with Crippen molar-refractivity contribution in [2.45, 2.75) is 38.1 Å². The monoisotopic (exact) mass is 288 g/mol. The molecule has 8 nitrogen and oxygen atoms in total. The highest BCUT2D eigenvalue weighted by atomic mass is 16.5. The molecule has 0 bridgehead atoms. The van der Waals surface area contributed by atoms with Crippen LogP contribution in [0.5, 0.6) is 0 Å². The van der Waals surface area contributed by atoms with Crippen molar-refractivity contribution >= 4 is 5.97 Å². The minimum Gasteiger partial charge on any atom is -0.548 e. The molecular weight excluding hydrogens is 264 g/mol. The van der Waals surface area contributed by atoms with Crippen LogP contribution in [0.2, 0.25) is 0 Å². The average molecular weight is 288 g/mol. The van der Waals surface area contributed by atoms with Crippen molar-refractivity contribution in [1.82, 2.24) is 0 Å². The first kappa shape index (κ1) is 18.7. The van der Waals surface area contributed by atoms with Gasteiger partial charge in [-0.2, -0.15) is 0 Å². The van der Waals surface area contributed by atoms with Crippen LogP contribution in [0.4, 0.5) is 0 Å². The third kappa shape index (κ3) is 14.7. The number of carbonyl (C=O) groups excluding carboxylic acids is 1. The lowest BCUT2D eigenvalue weighted by Crippen LogP contribution is -2.61. The van der Waals surface area contributed by atoms with Crippen LogP contribution in [0, 0.1) is 0 Å². The number of carbonyl (C=O) groups is 1. The average Bonchev–Trinajstić information content (AvgIpc) is 2.43. The van der Waals surface area contributed by atoms with Gasteiger partial charge in [-0.1, -0.05) is 11.5 Å². The van der Waals surface area contributed by atoms with Crippen molar-refractivity contribution in [2.75, 3.05) is 33.0 Å². The lowest BCUT2D eigenvalue weighted by molar-refractivity contribution is -0.425. The van der Waals surface area contributed by atoms with Crippen LogP contribution in [-0.4, -0.2) is 45.0 Å². The van der Waals surface area contributed by atoms with Crippen LogP contribution in [0.15, 0.2) is 5.11 Å². The van der Waals surface area contributed by atoms with Crippen molar-refractivity contribution in [3.8, 4) is 0 Å². The number of rotatable bonds is 8. The summed E-state index contributed by atoms with van der Waals surface area (Å²) in [6.07, 6.45) is 7.05. The lowest BCUT2D eigenvalue weighted by Gasteiger charge is -2.12. The number of hydrogen-bond donors (Lipinski definition) is 1. The van der Waals surface area contributed by atoms with Crippen LogP contribution in [0.1, 0.15) is 32.1 Å². The highest BCUT2D eigenvalue weighted by molar-refractivity contribution is 5.65. The summed E-state index contributed by atoms with van der Waals surface area (Å²) in [5.74, 6) is -1.26. The molecule has 1 aliphatic carbocycles. The summed E-state index contributed by atoms with van der Waals surface area (Å²) in [7, 11) is 0. The fourth-order valence-electron chi connectivity index (χ4n) is 1.71. The molecule has 0 aromatic carbocycles. The second kappa shape index (κ2) is 14.1. The molecule has 20 heavy (non-hydrogen) atoms. The number of ether oxygens (including phenoxy) is 2. The molecule has 1 rings (SSSR count). The summed E-state index contributed by atoms with van der Waals surface area (Å²) in [5.41, 5.74) is 11.9. The van der Waals surface area contributed by atoms with E-state index in [0.29, 0.717) is 6.61 Å². The number of aliphatic carboxylic acids is 1. The Kier molecular flexibility index (Phi) is 13.1. The van der Waals surface area contributed by atoms with Crippen molar-refractivity contribution in [3.05, 3.63) is 10.4 Å². The van der Waals surface area contributed by atoms with Gasteiger partial charge in [-0.05, 0) is 31.2 Å². The molecule has 0 aromatic rings. The molecule has 116 valence electrons. The molecule has 0 spiro atoms. The van der Waals surface area contributed by atoms with Gasteiger partial charge < -0.3 is 25.1 Å². The van der Waals surface area contributed by atoms with Gasteiger partial charge in [-0.25, -0.2) is 0 Å². The lowest BCUT2D eigenvalue weighted by atomic mass is 9.97. The third-order valence-corrected chi connectivity index (χ3v) is 2.72. The van der Waals surface area contributed by atoms with Gasteiger partial charge in [0.1, 0.15) is 0 Å². The van der Waals surface area contributed by atoms with Gasteiger partial charge in [0.2, 0.25) is 0 Å². The molecule has 1 aliphatic rings. The molecule has 0 radical (unpaired) electrons. The Labute approximate surface area is 118 Å². The molecule has 0 aliphatic heterocycles. The van der Waals surface area contributed by atoms with Crippen molar-refractivity contribution < 1.29 is 25.1 Å². The van der Waals surface area contributed by atoms with Crippen LogP contribution in [0.25, 0.3) is 10.4 Å². The topological polar surface area (TPSA) is 135 Å². The number of nitrogens with zero attached hydrogens (tertiary/aromatic N) is 3. The standard InChI is InChI=1S/C6H11N3O4.C6H13N/c7-9-8-1-2-12-3-4-13-5-6(10)11;7-6-4-2-1-3-5-6/h1-5H2,(H,10,11);6H,1-5,7H2. The van der Waals surface area contributed by atoms with Gasteiger partial charge in [0, 0.05) is 11.5 Å². The maximum atomic E-state index is 9.84. The number of carboxylic acids is 1. The second-order valence-corrected chi connectivity index (χ2v) is 4.50. The molecule has 0 atom stereocenters. The maximum Gasteiger partial charge on any atom is 0.0862 e. The van der Waals surface area contributed by atoms with Crippen LogP contribution in [-0.2, 0) is 14.3 Å². The number of hydrogen-bond acceptors (Lipinski definition) is 5. The van der Waals surface area contributed by atoms with E-state index in [9.17, 15) is 9.90 Å². The summed E-state index contributed by atoms with van der Waals surface area (Å²) in [4.78, 5) is 12.4. The largest absolute Gasteiger partial charge is 0.548 e. The Balaban J connectivity index is 0.000000428.